The molecule has 1 aliphatic heterocycles. The Kier molecular flexibility index (Phi) is 6.88. The summed E-state index contributed by atoms with van der Waals surface area (Å²) in [6, 6.07) is 0. The first-order chi connectivity index (χ1) is 12.9. The lowest BCUT2D eigenvalue weighted by Crippen LogP contribution is -2.61. The lowest BCUT2D eigenvalue weighted by atomic mass is 9.76. The van der Waals surface area contributed by atoms with E-state index in [1.54, 1.807) is 0 Å². The summed E-state index contributed by atoms with van der Waals surface area (Å²) in [5.41, 5.74) is 12.1. The minimum atomic E-state index is 0.319. The molecule has 0 radical (unpaired) electrons. The molecule has 4 nitrogen and oxygen atoms in total. The summed E-state index contributed by atoms with van der Waals surface area (Å²) < 4.78 is 0. The van der Waals surface area contributed by atoms with Gasteiger partial charge in [0.2, 0.25) is 0 Å². The third-order valence-electron chi connectivity index (χ3n) is 7.66. The average molecular weight is 361 g/mol. The van der Waals surface area contributed by atoms with Crippen LogP contribution in [-0.4, -0.2) is 18.4 Å². The second-order valence-electron chi connectivity index (χ2n) is 9.49. The van der Waals surface area contributed by atoms with Gasteiger partial charge in [-0.3, -0.25) is 10.9 Å². The third kappa shape index (κ3) is 4.81. The highest BCUT2D eigenvalue weighted by Gasteiger charge is 2.35. The lowest BCUT2D eigenvalue weighted by Gasteiger charge is -2.42. The van der Waals surface area contributed by atoms with Crippen LogP contribution in [0.25, 0.3) is 0 Å². The summed E-state index contributed by atoms with van der Waals surface area (Å²) in [4.78, 5) is 0. The van der Waals surface area contributed by atoms with Gasteiger partial charge in [-0.15, -0.1) is 0 Å². The number of hydrazine groups is 1. The van der Waals surface area contributed by atoms with Gasteiger partial charge in [0, 0.05) is 12.3 Å². The molecule has 0 spiro atoms. The fraction of sp³-hybridized carbons (Fsp3) is 0.955. The molecule has 4 rings (SSSR count). The Labute approximate surface area is 160 Å². The number of nitrogens with one attached hydrogen (secondary N) is 3. The SMILES string of the molecule is C1CCC(C/C(=N\NC2NNCC3CCCCC32)C2CCCCC2)CC1. The van der Waals surface area contributed by atoms with E-state index in [1.807, 2.05) is 0 Å². The Bertz CT molecular complexity index is 449. The molecule has 1 heterocycles. The summed E-state index contributed by atoms with van der Waals surface area (Å²) in [5.74, 6) is 3.22. The largest absolute Gasteiger partial charge is 0.291 e. The molecule has 148 valence electrons. The third-order valence-corrected chi connectivity index (χ3v) is 7.66. The lowest BCUT2D eigenvalue weighted by molar-refractivity contribution is 0.0993. The molecule has 3 aliphatic carbocycles. The second-order valence-corrected chi connectivity index (χ2v) is 9.49. The van der Waals surface area contributed by atoms with Gasteiger partial charge in [0.25, 0.3) is 0 Å². The molecule has 1 saturated heterocycles. The van der Waals surface area contributed by atoms with Crippen molar-refractivity contribution in [1.29, 1.82) is 0 Å². The summed E-state index contributed by atoms with van der Waals surface area (Å²) >= 11 is 0. The van der Waals surface area contributed by atoms with Crippen molar-refractivity contribution in [2.45, 2.75) is 102 Å². The highest BCUT2D eigenvalue weighted by atomic mass is 15.5. The Balaban J connectivity index is 1.41. The van der Waals surface area contributed by atoms with Gasteiger partial charge < -0.3 is 0 Å². The molecule has 0 bridgehead atoms. The number of rotatable bonds is 5. The molecule has 3 N–H and O–H groups in total. The van der Waals surface area contributed by atoms with Gasteiger partial charge in [-0.25, -0.2) is 5.43 Å². The van der Waals surface area contributed by atoms with Gasteiger partial charge in [-0.05, 0) is 55.8 Å². The van der Waals surface area contributed by atoms with E-state index in [9.17, 15) is 0 Å². The molecule has 0 aromatic heterocycles. The van der Waals surface area contributed by atoms with E-state index in [1.165, 1.54) is 102 Å². The van der Waals surface area contributed by atoms with Crippen LogP contribution in [0.2, 0.25) is 0 Å². The zero-order valence-electron chi connectivity index (χ0n) is 16.6. The van der Waals surface area contributed by atoms with Crippen molar-refractivity contribution in [2.75, 3.05) is 6.54 Å². The maximum absolute atomic E-state index is 5.12. The number of hydrogen-bond donors (Lipinski definition) is 3. The van der Waals surface area contributed by atoms with Crippen LogP contribution in [0, 0.1) is 23.7 Å². The number of nitrogens with zero attached hydrogens (tertiary/aromatic N) is 1. The van der Waals surface area contributed by atoms with E-state index in [-0.39, 0.29) is 0 Å². The van der Waals surface area contributed by atoms with Crippen molar-refractivity contribution >= 4 is 5.71 Å². The van der Waals surface area contributed by atoms with Crippen molar-refractivity contribution in [2.24, 2.45) is 28.8 Å². The van der Waals surface area contributed by atoms with E-state index in [0.29, 0.717) is 6.17 Å². The molecule has 4 fully saturated rings. The van der Waals surface area contributed by atoms with Crippen LogP contribution in [0.1, 0.15) is 96.3 Å². The van der Waals surface area contributed by atoms with E-state index in [4.69, 9.17) is 5.10 Å². The van der Waals surface area contributed by atoms with Crippen molar-refractivity contribution in [3.05, 3.63) is 0 Å². The van der Waals surface area contributed by atoms with Gasteiger partial charge in [0.15, 0.2) is 0 Å². The van der Waals surface area contributed by atoms with Gasteiger partial charge in [-0.1, -0.05) is 64.2 Å². The highest BCUT2D eigenvalue weighted by molar-refractivity contribution is 5.87. The van der Waals surface area contributed by atoms with Crippen molar-refractivity contribution < 1.29 is 0 Å². The quantitative estimate of drug-likeness (QED) is 0.491. The molecular formula is C22H40N4. The van der Waals surface area contributed by atoms with Crippen LogP contribution in [0.4, 0.5) is 0 Å². The van der Waals surface area contributed by atoms with Crippen LogP contribution in [0.3, 0.4) is 0 Å². The van der Waals surface area contributed by atoms with Gasteiger partial charge in [0.05, 0.1) is 0 Å². The minimum Gasteiger partial charge on any atom is -0.291 e. The van der Waals surface area contributed by atoms with E-state index < -0.39 is 0 Å². The first-order valence-corrected chi connectivity index (χ1v) is 11.7. The predicted octanol–water partition coefficient (Wildman–Crippen LogP) is 4.72. The Hall–Kier alpha value is -0.610. The topological polar surface area (TPSA) is 48.5 Å². The maximum Gasteiger partial charge on any atom is 0.109 e. The zero-order chi connectivity index (χ0) is 17.6. The molecule has 4 heteroatoms. The molecular weight excluding hydrogens is 320 g/mol. The molecule has 0 amide bonds. The number of fused-ring (bicyclic) bond motifs is 1. The maximum atomic E-state index is 5.12. The molecule has 3 saturated carbocycles. The van der Waals surface area contributed by atoms with Crippen LogP contribution >= 0.6 is 0 Å². The normalized spacial score (nSPS) is 35.1. The van der Waals surface area contributed by atoms with Gasteiger partial charge >= 0.3 is 0 Å². The number of hydrogen-bond acceptors (Lipinski definition) is 4. The Morgan fingerprint density at radius 2 is 1.50 bits per heavy atom. The smallest absolute Gasteiger partial charge is 0.109 e. The summed E-state index contributed by atoms with van der Waals surface area (Å²) in [5, 5.41) is 5.12. The van der Waals surface area contributed by atoms with Crippen LogP contribution in [-0.2, 0) is 0 Å². The first kappa shape index (κ1) is 18.7. The monoisotopic (exact) mass is 360 g/mol. The minimum absolute atomic E-state index is 0.319. The van der Waals surface area contributed by atoms with Crippen LogP contribution < -0.4 is 16.3 Å². The molecule has 0 aromatic rings. The van der Waals surface area contributed by atoms with E-state index >= 15 is 0 Å². The van der Waals surface area contributed by atoms with E-state index in [2.05, 4.69) is 16.3 Å². The fourth-order valence-corrected chi connectivity index (χ4v) is 6.04. The first-order valence-electron chi connectivity index (χ1n) is 11.7. The fourth-order valence-electron chi connectivity index (χ4n) is 6.04. The summed E-state index contributed by atoms with van der Waals surface area (Å²) in [6.07, 6.45) is 21.3. The van der Waals surface area contributed by atoms with E-state index in [0.717, 1.165) is 30.2 Å². The highest BCUT2D eigenvalue weighted by Crippen LogP contribution is 2.34. The van der Waals surface area contributed by atoms with Crippen molar-refractivity contribution in [1.82, 2.24) is 16.3 Å². The number of hydrazone groups is 1. The van der Waals surface area contributed by atoms with Gasteiger partial charge in [0.1, 0.15) is 6.17 Å². The standard InChI is InChI=1S/C22H40N4/c1-3-9-17(10-4-1)15-21(18-11-5-2-6-12-18)24-26-22-20-14-8-7-13-19(20)16-23-25-22/h17-20,22-23,25-26H,1-16H2/b24-21+. The molecule has 3 atom stereocenters. The molecule has 0 aromatic carbocycles. The Morgan fingerprint density at radius 1 is 0.808 bits per heavy atom. The molecule has 26 heavy (non-hydrogen) atoms. The summed E-state index contributed by atoms with van der Waals surface area (Å²) in [7, 11) is 0. The predicted molar refractivity (Wildman–Crippen MR) is 109 cm³/mol. The second kappa shape index (κ2) is 9.54. The van der Waals surface area contributed by atoms with Crippen LogP contribution in [0.5, 0.6) is 0 Å². The zero-order valence-corrected chi connectivity index (χ0v) is 16.6. The summed E-state index contributed by atoms with van der Waals surface area (Å²) in [6.45, 7) is 1.13. The van der Waals surface area contributed by atoms with Gasteiger partial charge in [-0.2, -0.15) is 5.10 Å². The Morgan fingerprint density at radius 3 is 2.31 bits per heavy atom. The molecule has 4 aliphatic rings. The molecule has 3 unspecified atom stereocenters. The van der Waals surface area contributed by atoms with Crippen molar-refractivity contribution in [3.8, 4) is 0 Å². The average Bonchev–Trinajstić information content (AvgIpc) is 2.72. The van der Waals surface area contributed by atoms with Crippen molar-refractivity contribution in [3.63, 3.8) is 0 Å². The van der Waals surface area contributed by atoms with Crippen LogP contribution in [0.15, 0.2) is 5.10 Å².